The molecule has 0 bridgehead atoms. The number of aromatic nitrogens is 3. The average molecular weight is 625 g/mol. The number of carbonyl (C=O) groups excluding carboxylic acids is 2. The Kier molecular flexibility index (Phi) is 9.01. The normalized spacial score (nSPS) is 14.3. The highest BCUT2D eigenvalue weighted by Crippen LogP contribution is 2.34. The molecule has 228 valence electrons. The van der Waals surface area contributed by atoms with Crippen molar-refractivity contribution >= 4 is 29.3 Å². The van der Waals surface area contributed by atoms with Gasteiger partial charge >= 0.3 is 0 Å². The number of nitrogens with zero attached hydrogens (tertiary/aromatic N) is 5. The molecule has 0 spiro atoms. The summed E-state index contributed by atoms with van der Waals surface area (Å²) >= 11 is 1.24. The zero-order valence-corrected chi connectivity index (χ0v) is 25.1. The number of rotatable bonds is 11. The summed E-state index contributed by atoms with van der Waals surface area (Å²) in [6.07, 6.45) is 1.90. The lowest BCUT2D eigenvalue weighted by Gasteiger charge is -2.22. The minimum absolute atomic E-state index is 0.0305. The lowest BCUT2D eigenvalue weighted by molar-refractivity contribution is -0.130. The van der Waals surface area contributed by atoms with Gasteiger partial charge in [0, 0.05) is 6.42 Å². The largest absolute Gasteiger partial charge is 0.497 e. The van der Waals surface area contributed by atoms with E-state index in [1.807, 2.05) is 59.2 Å². The van der Waals surface area contributed by atoms with Crippen molar-refractivity contribution in [3.05, 3.63) is 131 Å². The maximum atomic E-state index is 13.8. The van der Waals surface area contributed by atoms with Crippen LogP contribution < -0.4 is 10.1 Å². The Morgan fingerprint density at radius 1 is 1.00 bits per heavy atom. The number of thioether (sulfide) groups is 1. The maximum absolute atomic E-state index is 13.8. The molecule has 1 aliphatic heterocycles. The Morgan fingerprint density at radius 3 is 2.49 bits per heavy atom. The number of methoxy groups -OCH3 is 1. The molecular weight excluding hydrogens is 595 g/mol. The first-order valence-corrected chi connectivity index (χ1v) is 15.2. The molecule has 6 rings (SSSR count). The molecule has 12 heteroatoms. The topological polar surface area (TPSA) is 115 Å². The van der Waals surface area contributed by atoms with E-state index in [1.54, 1.807) is 31.4 Å². The highest BCUT2D eigenvalue weighted by Gasteiger charge is 2.33. The molecule has 10 nitrogen and oxygen atoms in total. The second-order valence-corrected chi connectivity index (χ2v) is 11.1. The monoisotopic (exact) mass is 624 g/mol. The zero-order valence-electron chi connectivity index (χ0n) is 24.3. The summed E-state index contributed by atoms with van der Waals surface area (Å²) in [4.78, 5) is 26.2. The molecule has 1 aliphatic rings. The molecule has 3 aromatic carbocycles. The number of furan rings is 1. The van der Waals surface area contributed by atoms with Crippen LogP contribution >= 0.6 is 11.8 Å². The predicted molar refractivity (Wildman–Crippen MR) is 166 cm³/mol. The summed E-state index contributed by atoms with van der Waals surface area (Å²) in [7, 11) is 1.60. The number of hydrogen-bond acceptors (Lipinski definition) is 8. The summed E-state index contributed by atoms with van der Waals surface area (Å²) in [6.45, 7) is 0.556. The molecule has 0 saturated carbocycles. The van der Waals surface area contributed by atoms with E-state index in [2.05, 4.69) is 15.5 Å². The number of halogens is 1. The molecule has 45 heavy (non-hydrogen) atoms. The Morgan fingerprint density at radius 2 is 1.78 bits per heavy atom. The number of nitrogens with one attached hydrogen (secondary N) is 1. The minimum Gasteiger partial charge on any atom is -0.497 e. The predicted octanol–water partition coefficient (Wildman–Crippen LogP) is 5.47. The summed E-state index contributed by atoms with van der Waals surface area (Å²) in [5, 5.41) is 18.2. The molecule has 0 fully saturated rings. The lowest BCUT2D eigenvalue weighted by Crippen LogP contribution is -2.28. The van der Waals surface area contributed by atoms with Crippen LogP contribution in [-0.2, 0) is 17.9 Å². The van der Waals surface area contributed by atoms with E-state index in [0.29, 0.717) is 23.9 Å². The van der Waals surface area contributed by atoms with Crippen molar-refractivity contribution in [1.29, 1.82) is 0 Å². The molecule has 5 aromatic rings. The first-order chi connectivity index (χ1) is 22.0. The van der Waals surface area contributed by atoms with Gasteiger partial charge in [-0.15, -0.1) is 10.2 Å². The van der Waals surface area contributed by atoms with Gasteiger partial charge in [0.15, 0.2) is 16.7 Å². The summed E-state index contributed by atoms with van der Waals surface area (Å²) in [5.74, 6) is 0.513. The second-order valence-electron chi connectivity index (χ2n) is 10.2. The SMILES string of the molecule is COc1ccc(C2=NN(C(=O)CSc3nnc(CNC(=O)c4ccco4)n3Cc3ccccc3)[C@@H](c3ccc(F)cc3)C2)cc1. The third kappa shape index (κ3) is 6.96. The third-order valence-corrected chi connectivity index (χ3v) is 8.25. The first-order valence-electron chi connectivity index (χ1n) is 14.2. The Balaban J connectivity index is 1.22. The van der Waals surface area contributed by atoms with E-state index >= 15 is 0 Å². The Labute approximate surface area is 262 Å². The van der Waals surface area contributed by atoms with Gasteiger partial charge in [-0.3, -0.25) is 9.59 Å². The van der Waals surface area contributed by atoms with Crippen LogP contribution in [-0.4, -0.2) is 50.2 Å². The number of amides is 2. The van der Waals surface area contributed by atoms with Gasteiger partial charge in [0.1, 0.15) is 11.6 Å². The smallest absolute Gasteiger partial charge is 0.287 e. The van der Waals surface area contributed by atoms with Crippen LogP contribution in [0.15, 0.2) is 112 Å². The van der Waals surface area contributed by atoms with Crippen molar-refractivity contribution in [3.8, 4) is 5.75 Å². The molecule has 0 radical (unpaired) electrons. The minimum atomic E-state index is -0.398. The highest BCUT2D eigenvalue weighted by molar-refractivity contribution is 7.99. The Hall–Kier alpha value is -5.23. The number of ether oxygens (including phenoxy) is 1. The molecule has 1 N–H and O–H groups in total. The molecule has 0 unspecified atom stereocenters. The van der Waals surface area contributed by atoms with Crippen molar-refractivity contribution in [2.75, 3.05) is 12.9 Å². The number of benzene rings is 3. The van der Waals surface area contributed by atoms with Crippen molar-refractivity contribution in [1.82, 2.24) is 25.1 Å². The fourth-order valence-corrected chi connectivity index (χ4v) is 5.78. The van der Waals surface area contributed by atoms with E-state index in [-0.39, 0.29) is 35.7 Å². The molecule has 2 amide bonds. The van der Waals surface area contributed by atoms with Crippen molar-refractivity contribution in [3.63, 3.8) is 0 Å². The van der Waals surface area contributed by atoms with Crippen LogP contribution in [0.25, 0.3) is 0 Å². The quantitative estimate of drug-likeness (QED) is 0.194. The van der Waals surface area contributed by atoms with Gasteiger partial charge in [-0.1, -0.05) is 54.2 Å². The van der Waals surface area contributed by atoms with Crippen molar-refractivity contribution in [2.24, 2.45) is 5.10 Å². The van der Waals surface area contributed by atoms with Gasteiger partial charge in [-0.2, -0.15) is 5.10 Å². The van der Waals surface area contributed by atoms with Gasteiger partial charge in [0.2, 0.25) is 0 Å². The number of hydrogen-bond donors (Lipinski definition) is 1. The van der Waals surface area contributed by atoms with E-state index < -0.39 is 6.04 Å². The third-order valence-electron chi connectivity index (χ3n) is 7.30. The van der Waals surface area contributed by atoms with E-state index in [9.17, 15) is 14.0 Å². The van der Waals surface area contributed by atoms with Crippen LogP contribution in [0.1, 0.15) is 45.5 Å². The number of carbonyl (C=O) groups is 2. The lowest BCUT2D eigenvalue weighted by atomic mass is 9.98. The summed E-state index contributed by atoms with van der Waals surface area (Å²) in [5.41, 5.74) is 3.40. The fraction of sp³-hybridized carbons (Fsp3) is 0.182. The molecule has 2 aromatic heterocycles. The van der Waals surface area contributed by atoms with Crippen LogP contribution in [0.5, 0.6) is 5.75 Å². The standard InChI is InChI=1S/C33H29FN6O4S/c1-43-26-15-11-23(12-16-26)27-18-28(24-9-13-25(34)14-10-24)40(38-27)31(41)21-45-33-37-36-30(19-35-32(42)29-8-5-17-44-29)39(33)20-22-6-3-2-4-7-22/h2-17,28H,18-21H2,1H3,(H,35,42)/t28-/m1/s1. The van der Waals surface area contributed by atoms with Gasteiger partial charge in [0.05, 0.1) is 44.0 Å². The average Bonchev–Trinajstić information content (AvgIpc) is 3.85. The fourth-order valence-electron chi connectivity index (χ4n) is 4.97. The zero-order chi connectivity index (χ0) is 31.2. The summed E-state index contributed by atoms with van der Waals surface area (Å²) < 4.78 is 26.1. The van der Waals surface area contributed by atoms with Crippen molar-refractivity contribution < 1.29 is 23.1 Å². The highest BCUT2D eigenvalue weighted by atomic mass is 32.2. The van der Waals surface area contributed by atoms with E-state index in [4.69, 9.17) is 14.3 Å². The van der Waals surface area contributed by atoms with Crippen LogP contribution in [0.3, 0.4) is 0 Å². The van der Waals surface area contributed by atoms with E-state index in [1.165, 1.54) is 35.2 Å². The molecule has 0 aliphatic carbocycles. The second kappa shape index (κ2) is 13.6. The molecule has 1 atom stereocenters. The van der Waals surface area contributed by atoms with Gasteiger partial charge in [-0.25, -0.2) is 9.40 Å². The Bertz CT molecular complexity index is 1790. The van der Waals surface area contributed by atoms with Gasteiger partial charge in [0.25, 0.3) is 11.8 Å². The van der Waals surface area contributed by atoms with Gasteiger partial charge in [-0.05, 0) is 65.2 Å². The molecule has 0 saturated heterocycles. The van der Waals surface area contributed by atoms with Crippen molar-refractivity contribution in [2.45, 2.75) is 30.7 Å². The first kappa shape index (κ1) is 29.8. The van der Waals surface area contributed by atoms with Crippen LogP contribution in [0.2, 0.25) is 0 Å². The number of hydrazone groups is 1. The molecule has 3 heterocycles. The maximum Gasteiger partial charge on any atom is 0.287 e. The van der Waals surface area contributed by atoms with Gasteiger partial charge < -0.3 is 19.0 Å². The van der Waals surface area contributed by atoms with Crippen LogP contribution in [0.4, 0.5) is 4.39 Å². The van der Waals surface area contributed by atoms with Crippen LogP contribution in [0, 0.1) is 5.82 Å². The van der Waals surface area contributed by atoms with E-state index in [0.717, 1.165) is 28.2 Å². The summed E-state index contributed by atoms with van der Waals surface area (Å²) in [6, 6.07) is 26.2. The molecular formula is C33H29FN6O4S.